The fourth-order valence-electron chi connectivity index (χ4n) is 3.17. The van der Waals surface area contributed by atoms with Crippen molar-refractivity contribution in [2.75, 3.05) is 36.4 Å². The Morgan fingerprint density at radius 2 is 1.78 bits per heavy atom. The molecule has 27 heavy (non-hydrogen) atoms. The lowest BCUT2D eigenvalue weighted by Crippen LogP contribution is -2.46. The highest BCUT2D eigenvalue weighted by molar-refractivity contribution is 6.32. The van der Waals surface area contributed by atoms with Crippen LogP contribution in [0.15, 0.2) is 61.2 Å². The van der Waals surface area contributed by atoms with Crippen LogP contribution >= 0.6 is 11.6 Å². The lowest BCUT2D eigenvalue weighted by molar-refractivity contribution is 0.249. The van der Waals surface area contributed by atoms with Gasteiger partial charge in [0.1, 0.15) is 17.2 Å². The molecule has 1 aromatic carbocycles. The van der Waals surface area contributed by atoms with E-state index in [1.54, 1.807) is 6.20 Å². The van der Waals surface area contributed by atoms with Crippen LogP contribution in [-0.4, -0.2) is 46.0 Å². The zero-order valence-electron chi connectivity index (χ0n) is 14.9. The number of benzene rings is 1. The van der Waals surface area contributed by atoms with E-state index in [1.807, 2.05) is 18.3 Å². The van der Waals surface area contributed by atoms with E-state index in [0.29, 0.717) is 10.8 Å². The average Bonchev–Trinajstić information content (AvgIpc) is 2.72. The van der Waals surface area contributed by atoms with Crippen molar-refractivity contribution in [3.8, 4) is 0 Å². The van der Waals surface area contributed by atoms with Crippen LogP contribution in [-0.2, 0) is 6.54 Å². The van der Waals surface area contributed by atoms with Gasteiger partial charge in [-0.15, -0.1) is 0 Å². The van der Waals surface area contributed by atoms with E-state index in [4.69, 9.17) is 11.6 Å². The molecule has 7 heteroatoms. The van der Waals surface area contributed by atoms with Crippen LogP contribution in [0.3, 0.4) is 0 Å². The van der Waals surface area contributed by atoms with E-state index in [-0.39, 0.29) is 0 Å². The van der Waals surface area contributed by atoms with Gasteiger partial charge in [0.25, 0.3) is 0 Å². The number of nitrogens with one attached hydrogen (secondary N) is 1. The van der Waals surface area contributed by atoms with Gasteiger partial charge in [-0.1, -0.05) is 29.8 Å². The Morgan fingerprint density at radius 3 is 2.48 bits per heavy atom. The fourth-order valence-corrected chi connectivity index (χ4v) is 3.32. The summed E-state index contributed by atoms with van der Waals surface area (Å²) in [5.74, 6) is 1.68. The minimum atomic E-state index is 0.507. The summed E-state index contributed by atoms with van der Waals surface area (Å²) in [7, 11) is 0. The van der Waals surface area contributed by atoms with Crippen molar-refractivity contribution in [1.82, 2.24) is 19.9 Å². The number of piperazine rings is 1. The third-order valence-corrected chi connectivity index (χ3v) is 4.91. The highest BCUT2D eigenvalue weighted by atomic mass is 35.5. The zero-order valence-corrected chi connectivity index (χ0v) is 15.7. The van der Waals surface area contributed by atoms with Crippen molar-refractivity contribution >= 4 is 28.9 Å². The molecular formula is C20H21ClN6. The molecule has 1 aliphatic rings. The van der Waals surface area contributed by atoms with Crippen LogP contribution in [0.25, 0.3) is 0 Å². The van der Waals surface area contributed by atoms with E-state index >= 15 is 0 Å². The van der Waals surface area contributed by atoms with Crippen LogP contribution < -0.4 is 10.2 Å². The molecule has 1 fully saturated rings. The standard InChI is InChI=1S/C20H21ClN6/c21-18-13-22-15-24-20(18)25-17-6-4-16(5-7-17)14-26-9-11-27(12-10-26)19-3-1-2-8-23-19/h1-8,13,15H,9-12,14H2,(H,22,24,25). The molecule has 0 amide bonds. The molecule has 0 aliphatic carbocycles. The first kappa shape index (κ1) is 17.7. The maximum Gasteiger partial charge on any atom is 0.152 e. The minimum absolute atomic E-state index is 0.507. The molecule has 3 aromatic rings. The van der Waals surface area contributed by atoms with Gasteiger partial charge in [-0.05, 0) is 29.8 Å². The van der Waals surface area contributed by atoms with E-state index in [1.165, 1.54) is 11.9 Å². The number of anilines is 3. The summed E-state index contributed by atoms with van der Waals surface area (Å²) >= 11 is 6.09. The average molecular weight is 381 g/mol. The first-order chi connectivity index (χ1) is 13.3. The van der Waals surface area contributed by atoms with E-state index in [9.17, 15) is 0 Å². The molecule has 0 bridgehead atoms. The molecule has 0 radical (unpaired) electrons. The molecule has 0 atom stereocenters. The number of hydrogen-bond acceptors (Lipinski definition) is 6. The maximum absolute atomic E-state index is 6.09. The summed E-state index contributed by atoms with van der Waals surface area (Å²) < 4.78 is 0. The van der Waals surface area contributed by atoms with Crippen molar-refractivity contribution in [2.24, 2.45) is 0 Å². The number of aromatic nitrogens is 3. The number of rotatable bonds is 5. The Bertz CT molecular complexity index is 863. The van der Waals surface area contributed by atoms with Crippen molar-refractivity contribution in [1.29, 1.82) is 0 Å². The lowest BCUT2D eigenvalue weighted by atomic mass is 10.1. The Hall–Kier alpha value is -2.70. The topological polar surface area (TPSA) is 57.2 Å². The highest BCUT2D eigenvalue weighted by Gasteiger charge is 2.17. The Labute approximate surface area is 163 Å². The van der Waals surface area contributed by atoms with Gasteiger partial charge in [0.2, 0.25) is 0 Å². The summed E-state index contributed by atoms with van der Waals surface area (Å²) in [5, 5.41) is 3.72. The smallest absolute Gasteiger partial charge is 0.152 e. The molecule has 1 aliphatic heterocycles. The zero-order chi connectivity index (χ0) is 18.5. The molecule has 3 heterocycles. The molecule has 6 nitrogen and oxygen atoms in total. The van der Waals surface area contributed by atoms with E-state index in [2.05, 4.69) is 60.4 Å². The van der Waals surface area contributed by atoms with Crippen LogP contribution in [0.1, 0.15) is 5.56 Å². The first-order valence-electron chi connectivity index (χ1n) is 8.98. The molecule has 2 aromatic heterocycles. The first-order valence-corrected chi connectivity index (χ1v) is 9.35. The number of nitrogens with zero attached hydrogens (tertiary/aromatic N) is 5. The molecule has 0 saturated carbocycles. The molecule has 0 spiro atoms. The highest BCUT2D eigenvalue weighted by Crippen LogP contribution is 2.22. The third-order valence-electron chi connectivity index (χ3n) is 4.64. The summed E-state index contributed by atoms with van der Waals surface area (Å²) in [6.07, 6.45) is 4.91. The quantitative estimate of drug-likeness (QED) is 0.730. The van der Waals surface area contributed by atoms with Crippen LogP contribution in [0.2, 0.25) is 5.02 Å². The van der Waals surface area contributed by atoms with Gasteiger partial charge in [-0.25, -0.2) is 15.0 Å². The molecule has 1 N–H and O–H groups in total. The Kier molecular flexibility index (Phi) is 5.46. The SMILES string of the molecule is Clc1cncnc1Nc1ccc(CN2CCN(c3ccccn3)CC2)cc1. The lowest BCUT2D eigenvalue weighted by Gasteiger charge is -2.35. The summed E-state index contributed by atoms with van der Waals surface area (Å²) in [5.41, 5.74) is 2.25. The van der Waals surface area contributed by atoms with Gasteiger partial charge in [-0.2, -0.15) is 0 Å². The van der Waals surface area contributed by atoms with Gasteiger partial charge in [0, 0.05) is 44.6 Å². The second-order valence-corrected chi connectivity index (χ2v) is 6.90. The van der Waals surface area contributed by atoms with Crippen molar-refractivity contribution in [3.63, 3.8) is 0 Å². The largest absolute Gasteiger partial charge is 0.354 e. The predicted octanol–water partition coefficient (Wildman–Crippen LogP) is 3.59. The molecule has 138 valence electrons. The second kappa shape index (κ2) is 8.33. The fraction of sp³-hybridized carbons (Fsp3) is 0.250. The van der Waals surface area contributed by atoms with Gasteiger partial charge in [-0.3, -0.25) is 4.90 Å². The molecule has 1 saturated heterocycles. The maximum atomic E-state index is 6.09. The Balaban J connectivity index is 1.31. The molecule has 0 unspecified atom stereocenters. The number of hydrogen-bond donors (Lipinski definition) is 1. The number of pyridine rings is 1. The van der Waals surface area contributed by atoms with Gasteiger partial charge >= 0.3 is 0 Å². The normalized spacial score (nSPS) is 14.9. The summed E-state index contributed by atoms with van der Waals surface area (Å²) in [6.45, 7) is 5.02. The van der Waals surface area contributed by atoms with Gasteiger partial charge in [0.15, 0.2) is 5.82 Å². The summed E-state index contributed by atoms with van der Waals surface area (Å²) in [4.78, 5) is 17.3. The Morgan fingerprint density at radius 1 is 0.963 bits per heavy atom. The predicted molar refractivity (Wildman–Crippen MR) is 108 cm³/mol. The minimum Gasteiger partial charge on any atom is -0.354 e. The monoisotopic (exact) mass is 380 g/mol. The molecular weight excluding hydrogens is 360 g/mol. The van der Waals surface area contributed by atoms with Crippen LogP contribution in [0, 0.1) is 0 Å². The van der Waals surface area contributed by atoms with Crippen LogP contribution in [0.4, 0.5) is 17.3 Å². The van der Waals surface area contributed by atoms with Gasteiger partial charge < -0.3 is 10.2 Å². The van der Waals surface area contributed by atoms with Crippen molar-refractivity contribution in [3.05, 3.63) is 71.8 Å². The van der Waals surface area contributed by atoms with E-state index < -0.39 is 0 Å². The van der Waals surface area contributed by atoms with Gasteiger partial charge in [0.05, 0.1) is 6.20 Å². The number of halogens is 1. The van der Waals surface area contributed by atoms with Crippen molar-refractivity contribution in [2.45, 2.75) is 6.54 Å². The second-order valence-electron chi connectivity index (χ2n) is 6.49. The molecule has 4 rings (SSSR count). The van der Waals surface area contributed by atoms with Crippen LogP contribution in [0.5, 0.6) is 0 Å². The van der Waals surface area contributed by atoms with Crippen molar-refractivity contribution < 1.29 is 0 Å². The van der Waals surface area contributed by atoms with E-state index in [0.717, 1.165) is 44.2 Å². The summed E-state index contributed by atoms with van der Waals surface area (Å²) in [6, 6.07) is 14.5. The third kappa shape index (κ3) is 4.53.